The first kappa shape index (κ1) is 23.3. The molecule has 1 aromatic heterocycles. The lowest BCUT2D eigenvalue weighted by Gasteiger charge is -2.51. The summed E-state index contributed by atoms with van der Waals surface area (Å²) in [6.07, 6.45) is 4.28. The van der Waals surface area contributed by atoms with Crippen molar-refractivity contribution in [3.05, 3.63) is 77.6 Å². The van der Waals surface area contributed by atoms with Gasteiger partial charge in [-0.15, -0.1) is 0 Å². The predicted octanol–water partition coefficient (Wildman–Crippen LogP) is 4.60. The fourth-order valence-corrected chi connectivity index (χ4v) is 5.43. The highest BCUT2D eigenvalue weighted by Gasteiger charge is 2.54. The molecule has 2 bridgehead atoms. The van der Waals surface area contributed by atoms with Gasteiger partial charge in [0.05, 0.1) is 24.9 Å². The average molecular weight is 475 g/mol. The zero-order valence-corrected chi connectivity index (χ0v) is 20.1. The Morgan fingerprint density at radius 2 is 1.77 bits per heavy atom. The van der Waals surface area contributed by atoms with Crippen LogP contribution in [-0.4, -0.2) is 39.0 Å². The summed E-state index contributed by atoms with van der Waals surface area (Å²) in [6.45, 7) is 2.30. The molecule has 3 heterocycles. The maximum Gasteiger partial charge on any atom is 0.335 e. The average Bonchev–Trinajstić information content (AvgIpc) is 3.25. The molecular formula is C28H30N2O5. The Labute approximate surface area is 204 Å². The predicted molar refractivity (Wildman–Crippen MR) is 130 cm³/mol. The van der Waals surface area contributed by atoms with Crippen LogP contribution in [0, 0.1) is 0 Å². The van der Waals surface area contributed by atoms with Gasteiger partial charge in [0.1, 0.15) is 6.10 Å². The number of aryl methyl sites for hydroxylation is 1. The van der Waals surface area contributed by atoms with Crippen LogP contribution in [0.3, 0.4) is 0 Å². The minimum Gasteiger partial charge on any atom is -0.479 e. The summed E-state index contributed by atoms with van der Waals surface area (Å²) in [7, 11) is 1.83. The van der Waals surface area contributed by atoms with Gasteiger partial charge in [0.25, 0.3) is 0 Å². The Kier molecular flexibility index (Phi) is 5.97. The summed E-state index contributed by atoms with van der Waals surface area (Å²) >= 11 is 0. The van der Waals surface area contributed by atoms with Crippen LogP contribution in [0.2, 0.25) is 0 Å². The molecule has 1 saturated carbocycles. The number of benzene rings is 2. The Morgan fingerprint density at radius 3 is 2.37 bits per heavy atom. The molecule has 2 aliphatic heterocycles. The minimum absolute atomic E-state index is 0.125. The van der Waals surface area contributed by atoms with E-state index in [1.807, 2.05) is 44.3 Å². The fraction of sp³-hybridized carbons (Fsp3) is 0.393. The number of carboxylic acids is 1. The smallest absolute Gasteiger partial charge is 0.335 e. The Balaban J connectivity index is 1.30. The van der Waals surface area contributed by atoms with Crippen molar-refractivity contribution in [2.75, 3.05) is 6.61 Å². The zero-order chi connectivity index (χ0) is 24.6. The summed E-state index contributed by atoms with van der Waals surface area (Å²) in [4.78, 5) is 24.4. The van der Waals surface area contributed by atoms with Gasteiger partial charge in [0.2, 0.25) is 0 Å². The van der Waals surface area contributed by atoms with E-state index in [2.05, 4.69) is 29.4 Å². The number of aromatic nitrogens is 2. The first-order valence-corrected chi connectivity index (χ1v) is 12.1. The summed E-state index contributed by atoms with van der Waals surface area (Å²) in [5, 5.41) is 14.0. The van der Waals surface area contributed by atoms with Crippen LogP contribution in [-0.2, 0) is 37.9 Å². The van der Waals surface area contributed by atoms with Crippen LogP contribution < -0.4 is 0 Å². The van der Waals surface area contributed by atoms with Crippen LogP contribution in [0.4, 0.5) is 0 Å². The van der Waals surface area contributed by atoms with Gasteiger partial charge >= 0.3 is 11.9 Å². The molecular weight excluding hydrogens is 444 g/mol. The fourth-order valence-electron chi connectivity index (χ4n) is 5.43. The minimum atomic E-state index is -1.00. The van der Waals surface area contributed by atoms with Gasteiger partial charge in [-0.2, -0.15) is 5.10 Å². The van der Waals surface area contributed by atoms with Gasteiger partial charge < -0.3 is 14.6 Å². The molecule has 35 heavy (non-hydrogen) atoms. The normalized spacial score (nSPS) is 24.2. The molecule has 2 saturated heterocycles. The number of aliphatic carboxylic acids is 1. The highest BCUT2D eigenvalue weighted by molar-refractivity contribution is 5.78. The van der Waals surface area contributed by atoms with Crippen molar-refractivity contribution in [3.8, 4) is 11.1 Å². The summed E-state index contributed by atoms with van der Waals surface area (Å²) < 4.78 is 13.3. The van der Waals surface area contributed by atoms with E-state index in [9.17, 15) is 14.7 Å². The first-order chi connectivity index (χ1) is 16.8. The molecule has 2 aromatic carbocycles. The van der Waals surface area contributed by atoms with E-state index in [1.165, 1.54) is 5.56 Å². The molecule has 7 heteroatoms. The van der Waals surface area contributed by atoms with Crippen molar-refractivity contribution in [2.45, 2.75) is 56.1 Å². The van der Waals surface area contributed by atoms with Gasteiger partial charge in [-0.1, -0.05) is 54.6 Å². The maximum absolute atomic E-state index is 12.7. The van der Waals surface area contributed by atoms with E-state index in [0.717, 1.165) is 35.2 Å². The number of carbonyl (C=O) groups is 2. The number of carboxylic acid groups (broad SMARTS) is 1. The highest BCUT2D eigenvalue weighted by Crippen LogP contribution is 2.50. The van der Waals surface area contributed by atoms with Crippen molar-refractivity contribution in [2.24, 2.45) is 7.05 Å². The molecule has 3 fully saturated rings. The highest BCUT2D eigenvalue weighted by atomic mass is 16.5. The standard InChI is InChI=1S/C28H30N2O5/c1-19(20-6-4-3-5-7-20)35-25(31)16-24-23(17-29-30(24)2)21-8-10-22(11-9-21)27-12-14-28(15-13-27,26(32)33)34-18-27/h3-11,17,19H,12-16,18H2,1-2H3,(H,32,33)/t19-,27?,28?/m1/s1. The second-order valence-corrected chi connectivity index (χ2v) is 9.79. The third-order valence-electron chi connectivity index (χ3n) is 7.79. The summed E-state index contributed by atoms with van der Waals surface area (Å²) in [6, 6.07) is 18.0. The number of hydrogen-bond acceptors (Lipinski definition) is 5. The molecule has 1 atom stereocenters. The van der Waals surface area contributed by atoms with Crippen LogP contribution in [0.15, 0.2) is 60.8 Å². The van der Waals surface area contributed by atoms with Crippen LogP contribution in [0.5, 0.6) is 0 Å². The molecule has 182 valence electrons. The molecule has 0 spiro atoms. The van der Waals surface area contributed by atoms with E-state index >= 15 is 0 Å². The van der Waals surface area contributed by atoms with E-state index < -0.39 is 11.6 Å². The molecule has 6 rings (SSSR count). The third-order valence-corrected chi connectivity index (χ3v) is 7.79. The SMILES string of the molecule is C[C@@H](OC(=O)Cc1c(-c2ccc(C34CCC(C(=O)O)(CC3)OC4)cc2)cnn1C)c1ccccc1. The van der Waals surface area contributed by atoms with Crippen molar-refractivity contribution in [3.63, 3.8) is 0 Å². The Morgan fingerprint density at radius 1 is 1.09 bits per heavy atom. The first-order valence-electron chi connectivity index (χ1n) is 12.1. The molecule has 0 amide bonds. The van der Waals surface area contributed by atoms with Gasteiger partial charge in [0, 0.05) is 18.0 Å². The van der Waals surface area contributed by atoms with Crippen molar-refractivity contribution >= 4 is 11.9 Å². The molecule has 0 radical (unpaired) electrons. The number of fused-ring (bicyclic) bond motifs is 3. The lowest BCUT2D eigenvalue weighted by molar-refractivity contribution is -0.194. The van der Waals surface area contributed by atoms with E-state index in [4.69, 9.17) is 9.47 Å². The third kappa shape index (κ3) is 4.25. The number of ether oxygens (including phenoxy) is 2. The second kappa shape index (κ2) is 8.96. The van der Waals surface area contributed by atoms with E-state index in [1.54, 1.807) is 10.9 Å². The second-order valence-electron chi connectivity index (χ2n) is 9.79. The quantitative estimate of drug-likeness (QED) is 0.504. The number of nitrogens with zero attached hydrogens (tertiary/aromatic N) is 2. The zero-order valence-electron chi connectivity index (χ0n) is 20.1. The van der Waals surface area contributed by atoms with Crippen molar-refractivity contribution < 1.29 is 24.2 Å². The molecule has 7 nitrogen and oxygen atoms in total. The topological polar surface area (TPSA) is 90.7 Å². The van der Waals surface area contributed by atoms with Crippen LogP contribution >= 0.6 is 0 Å². The summed E-state index contributed by atoms with van der Waals surface area (Å²) in [5.41, 5.74) is 3.66. The van der Waals surface area contributed by atoms with Crippen LogP contribution in [0.1, 0.15) is 55.5 Å². The number of rotatable bonds is 7. The van der Waals surface area contributed by atoms with Gasteiger partial charge in [-0.3, -0.25) is 9.48 Å². The van der Waals surface area contributed by atoms with E-state index in [-0.39, 0.29) is 23.9 Å². The molecule has 0 unspecified atom stereocenters. The van der Waals surface area contributed by atoms with Gasteiger partial charge in [0.15, 0.2) is 5.60 Å². The number of carbonyl (C=O) groups excluding carboxylic acids is 1. The van der Waals surface area contributed by atoms with Gasteiger partial charge in [-0.05, 0) is 49.3 Å². The lowest BCUT2D eigenvalue weighted by Crippen LogP contribution is -2.57. The summed E-state index contributed by atoms with van der Waals surface area (Å²) in [5.74, 6) is -1.15. The Hall–Kier alpha value is -3.45. The molecule has 3 aliphatic rings. The van der Waals surface area contributed by atoms with Crippen molar-refractivity contribution in [1.29, 1.82) is 0 Å². The molecule has 3 aromatic rings. The monoisotopic (exact) mass is 474 g/mol. The van der Waals surface area contributed by atoms with Crippen LogP contribution in [0.25, 0.3) is 11.1 Å². The maximum atomic E-state index is 12.7. The lowest BCUT2D eigenvalue weighted by atomic mass is 9.63. The molecule has 1 aliphatic carbocycles. The van der Waals surface area contributed by atoms with Crippen molar-refractivity contribution in [1.82, 2.24) is 9.78 Å². The molecule has 1 N–H and O–H groups in total. The largest absolute Gasteiger partial charge is 0.479 e. The van der Waals surface area contributed by atoms with E-state index in [0.29, 0.717) is 19.4 Å². The number of hydrogen-bond donors (Lipinski definition) is 1. The van der Waals surface area contributed by atoms with Gasteiger partial charge in [-0.25, -0.2) is 4.79 Å². The Bertz CT molecular complexity index is 1210. The number of esters is 1.